The highest BCUT2D eigenvalue weighted by Crippen LogP contribution is 2.22. The first kappa shape index (κ1) is 22.5. The number of nitrogens with one attached hydrogen (secondary N) is 2. The molecule has 2 aromatic rings. The molecule has 2 aliphatic rings. The standard InChI is InChI=1S/C21H24N4O5S2/c1-12-8-15-13(2)16(9-14-4-5-25-21(22,11-14)32(27,28)23-3)19(26)29-18(15)10-17(12)30-20-24-6-7-31-20/h4-8,10-12,17,23,25H,9,22H2,1-3H3. The first-order chi connectivity index (χ1) is 15.1. The van der Waals surface area contributed by atoms with Gasteiger partial charge in [-0.15, -0.1) is 0 Å². The molecule has 9 nitrogen and oxygen atoms in total. The molecule has 0 amide bonds. The molecule has 11 heteroatoms. The van der Waals surface area contributed by atoms with Crippen molar-refractivity contribution in [3.63, 3.8) is 0 Å². The molecular formula is C21H24N4O5S2. The predicted octanol–water partition coefficient (Wildman–Crippen LogP) is -0.189. The van der Waals surface area contributed by atoms with Crippen LogP contribution < -0.4 is 36.8 Å². The molecule has 170 valence electrons. The fraction of sp³-hybridized carbons (Fsp3) is 0.333. The van der Waals surface area contributed by atoms with E-state index in [1.165, 1.54) is 30.7 Å². The van der Waals surface area contributed by atoms with Gasteiger partial charge >= 0.3 is 5.63 Å². The van der Waals surface area contributed by atoms with E-state index in [1.807, 2.05) is 25.3 Å². The molecule has 0 saturated carbocycles. The molecular weight excluding hydrogens is 452 g/mol. The van der Waals surface area contributed by atoms with Crippen LogP contribution in [-0.4, -0.2) is 31.5 Å². The van der Waals surface area contributed by atoms with Gasteiger partial charge in [0, 0.05) is 40.8 Å². The summed E-state index contributed by atoms with van der Waals surface area (Å²) in [4.78, 5) is 15.2. The zero-order valence-corrected chi connectivity index (χ0v) is 19.4. The van der Waals surface area contributed by atoms with Gasteiger partial charge in [0.1, 0.15) is 11.5 Å². The Balaban J connectivity index is 1.71. The number of hydrogen-bond donors (Lipinski definition) is 3. The summed E-state index contributed by atoms with van der Waals surface area (Å²) < 4.78 is 38.4. The normalized spacial score (nSPS) is 24.6. The van der Waals surface area contributed by atoms with Crippen LogP contribution >= 0.6 is 11.3 Å². The largest absolute Gasteiger partial charge is 0.462 e. The van der Waals surface area contributed by atoms with E-state index in [-0.39, 0.29) is 18.4 Å². The minimum absolute atomic E-state index is 0.0288. The Labute approximate surface area is 189 Å². The Morgan fingerprint density at radius 1 is 1.41 bits per heavy atom. The summed E-state index contributed by atoms with van der Waals surface area (Å²) in [7, 11) is -2.57. The first-order valence-corrected chi connectivity index (χ1v) is 12.3. The molecule has 0 aromatic carbocycles. The van der Waals surface area contributed by atoms with Crippen molar-refractivity contribution in [2.75, 3.05) is 7.05 Å². The molecule has 0 saturated heterocycles. The van der Waals surface area contributed by atoms with Crippen molar-refractivity contribution in [1.29, 1.82) is 0 Å². The average Bonchev–Trinajstić information content (AvgIpc) is 3.26. The van der Waals surface area contributed by atoms with Gasteiger partial charge in [-0.3, -0.25) is 5.73 Å². The van der Waals surface area contributed by atoms with Crippen LogP contribution in [0.5, 0.6) is 5.19 Å². The van der Waals surface area contributed by atoms with Crippen LogP contribution in [-0.2, 0) is 16.4 Å². The zero-order valence-electron chi connectivity index (χ0n) is 17.8. The van der Waals surface area contributed by atoms with Gasteiger partial charge in [-0.1, -0.05) is 24.3 Å². The van der Waals surface area contributed by atoms with Crippen molar-refractivity contribution in [2.45, 2.75) is 31.4 Å². The van der Waals surface area contributed by atoms with Gasteiger partial charge in [0.05, 0.1) is 0 Å². The fourth-order valence-electron chi connectivity index (χ4n) is 3.72. The summed E-state index contributed by atoms with van der Waals surface area (Å²) in [5.41, 5.74) is 7.82. The third-order valence-corrected chi connectivity index (χ3v) is 7.91. The van der Waals surface area contributed by atoms with E-state index in [0.717, 1.165) is 10.8 Å². The SMILES string of the molecule is CNS(=O)(=O)C1(N)C=C(Cc2c(C)c3c(oc2=O)=CC(Oc2nccs2)C(C)C=3)C=CN1. The third kappa shape index (κ3) is 4.04. The van der Waals surface area contributed by atoms with Crippen molar-refractivity contribution >= 4 is 33.5 Å². The number of allylic oxidation sites excluding steroid dienone is 2. The minimum Gasteiger partial charge on any atom is -0.462 e. The number of nitrogens with zero attached hydrogens (tertiary/aromatic N) is 1. The lowest BCUT2D eigenvalue weighted by atomic mass is 9.94. The maximum Gasteiger partial charge on any atom is 0.340 e. The predicted molar refractivity (Wildman–Crippen MR) is 123 cm³/mol. The van der Waals surface area contributed by atoms with E-state index in [4.69, 9.17) is 14.9 Å². The summed E-state index contributed by atoms with van der Waals surface area (Å²) in [6.45, 7) is 3.88. The molecule has 32 heavy (non-hydrogen) atoms. The fourth-order valence-corrected chi connectivity index (χ4v) is 5.11. The van der Waals surface area contributed by atoms with Crippen LogP contribution in [0.2, 0.25) is 0 Å². The molecule has 0 fully saturated rings. The Bertz CT molecular complexity index is 1380. The molecule has 0 bridgehead atoms. The van der Waals surface area contributed by atoms with Crippen LogP contribution in [0.15, 0.2) is 44.7 Å². The van der Waals surface area contributed by atoms with E-state index in [1.54, 1.807) is 18.3 Å². The van der Waals surface area contributed by atoms with Crippen molar-refractivity contribution in [2.24, 2.45) is 11.7 Å². The van der Waals surface area contributed by atoms with Gasteiger partial charge in [0.25, 0.3) is 15.2 Å². The van der Waals surface area contributed by atoms with Crippen molar-refractivity contribution in [3.8, 4) is 5.19 Å². The molecule has 2 aromatic heterocycles. The molecule has 1 aliphatic heterocycles. The molecule has 4 N–H and O–H groups in total. The number of fused-ring (bicyclic) bond motifs is 1. The van der Waals surface area contributed by atoms with Crippen LogP contribution in [0.4, 0.5) is 0 Å². The number of nitrogens with two attached hydrogens (primary N) is 1. The Morgan fingerprint density at radius 3 is 2.88 bits per heavy atom. The number of rotatable bonds is 6. The van der Waals surface area contributed by atoms with Crippen LogP contribution in [0.3, 0.4) is 0 Å². The number of hydrogen-bond acceptors (Lipinski definition) is 9. The number of thiazole rings is 1. The summed E-state index contributed by atoms with van der Waals surface area (Å²) in [6, 6.07) is 0. The maximum absolute atomic E-state index is 12.8. The van der Waals surface area contributed by atoms with Crippen molar-refractivity contribution < 1.29 is 17.6 Å². The minimum atomic E-state index is -3.86. The second kappa shape index (κ2) is 8.32. The Morgan fingerprint density at radius 2 is 2.19 bits per heavy atom. The van der Waals surface area contributed by atoms with Gasteiger partial charge in [0.2, 0.25) is 4.99 Å². The van der Waals surface area contributed by atoms with Gasteiger partial charge < -0.3 is 14.5 Å². The van der Waals surface area contributed by atoms with Crippen molar-refractivity contribution in [3.05, 3.63) is 67.7 Å². The van der Waals surface area contributed by atoms with E-state index in [9.17, 15) is 13.2 Å². The first-order valence-electron chi connectivity index (χ1n) is 9.94. The van der Waals surface area contributed by atoms with Crippen LogP contribution in [0.1, 0.15) is 18.1 Å². The highest BCUT2D eigenvalue weighted by Gasteiger charge is 2.38. The third-order valence-electron chi connectivity index (χ3n) is 5.58. The van der Waals surface area contributed by atoms with Crippen LogP contribution in [0, 0.1) is 12.8 Å². The zero-order chi connectivity index (χ0) is 23.1. The quantitative estimate of drug-likeness (QED) is 0.522. The summed E-state index contributed by atoms with van der Waals surface area (Å²) in [5.74, 6) is 0.0288. The van der Waals surface area contributed by atoms with E-state index in [0.29, 0.717) is 21.7 Å². The van der Waals surface area contributed by atoms with Gasteiger partial charge in [-0.25, -0.2) is 22.9 Å². The van der Waals surface area contributed by atoms with Crippen molar-refractivity contribution in [1.82, 2.24) is 15.0 Å². The number of dihydropyridines is 1. The summed E-state index contributed by atoms with van der Waals surface area (Å²) >= 11 is 1.40. The van der Waals surface area contributed by atoms with Gasteiger partial charge in [-0.05, 0) is 43.5 Å². The molecule has 3 unspecified atom stereocenters. The van der Waals surface area contributed by atoms with Gasteiger partial charge in [-0.2, -0.15) is 0 Å². The molecule has 3 atom stereocenters. The monoisotopic (exact) mass is 476 g/mol. The summed E-state index contributed by atoms with van der Waals surface area (Å²) in [6.07, 6.45) is 9.90. The topological polar surface area (TPSA) is 137 Å². The second-order valence-corrected chi connectivity index (χ2v) is 10.7. The number of aromatic nitrogens is 1. The lowest BCUT2D eigenvalue weighted by molar-refractivity contribution is 0.226. The highest BCUT2D eigenvalue weighted by atomic mass is 32.2. The molecule has 4 rings (SSSR count). The van der Waals surface area contributed by atoms with E-state index >= 15 is 0 Å². The summed E-state index contributed by atoms with van der Waals surface area (Å²) in [5, 5.41) is 5.86. The Kier molecular flexibility index (Phi) is 5.84. The Hall–Kier alpha value is -2.73. The lowest BCUT2D eigenvalue weighted by Gasteiger charge is -2.29. The molecule has 0 radical (unpaired) electrons. The molecule has 3 heterocycles. The number of sulfonamides is 1. The average molecular weight is 477 g/mol. The highest BCUT2D eigenvalue weighted by molar-refractivity contribution is 7.91. The second-order valence-electron chi connectivity index (χ2n) is 7.72. The van der Waals surface area contributed by atoms with Crippen LogP contribution in [0.25, 0.3) is 12.2 Å². The number of ether oxygens (including phenoxy) is 1. The van der Waals surface area contributed by atoms with Gasteiger partial charge in [0.15, 0.2) is 0 Å². The van der Waals surface area contributed by atoms with E-state index < -0.39 is 20.6 Å². The molecule has 1 aliphatic carbocycles. The van der Waals surface area contributed by atoms with E-state index in [2.05, 4.69) is 15.0 Å². The molecule has 0 spiro atoms. The lowest BCUT2D eigenvalue weighted by Crippen LogP contribution is -2.60. The maximum atomic E-state index is 12.8. The smallest absolute Gasteiger partial charge is 0.340 e.